The van der Waals surface area contributed by atoms with Gasteiger partial charge in [0.1, 0.15) is 28.4 Å². The highest BCUT2D eigenvalue weighted by Gasteiger charge is 2.17. The maximum Gasteiger partial charge on any atom is 0.224 e. The van der Waals surface area contributed by atoms with E-state index in [2.05, 4.69) is 32.4 Å². The molecule has 1 aliphatic rings. The fourth-order valence-electron chi connectivity index (χ4n) is 3.46. The molecule has 2 aromatic carbocycles. The van der Waals surface area contributed by atoms with Crippen molar-refractivity contribution in [2.24, 2.45) is 15.0 Å². The molecule has 0 aliphatic carbocycles. The highest BCUT2D eigenvalue weighted by atomic mass is 32.2. The quantitative estimate of drug-likeness (QED) is 0.485. The van der Waals surface area contributed by atoms with Crippen LogP contribution in [0.3, 0.4) is 0 Å². The monoisotopic (exact) mass is 480 g/mol. The lowest BCUT2D eigenvalue weighted by Crippen LogP contribution is -2.12. The largest absolute Gasteiger partial charge is 0.457 e. The molecular formula is C27H24N6OS. The second-order valence-electron chi connectivity index (χ2n) is 7.69. The zero-order chi connectivity index (χ0) is 24.6. The van der Waals surface area contributed by atoms with Crippen LogP contribution in [0.1, 0.15) is 18.1 Å². The Morgan fingerprint density at radius 1 is 0.971 bits per heavy atom. The van der Waals surface area contributed by atoms with Gasteiger partial charge >= 0.3 is 0 Å². The summed E-state index contributed by atoms with van der Waals surface area (Å²) in [5.74, 6) is 2.35. The zero-order valence-electron chi connectivity index (χ0n) is 19.7. The van der Waals surface area contributed by atoms with Crippen LogP contribution in [0.4, 0.5) is 5.69 Å². The molecule has 0 bridgehead atoms. The van der Waals surface area contributed by atoms with E-state index in [0.29, 0.717) is 33.9 Å². The number of amidine groups is 1. The van der Waals surface area contributed by atoms with E-state index in [1.54, 1.807) is 31.5 Å². The molecule has 35 heavy (non-hydrogen) atoms. The van der Waals surface area contributed by atoms with E-state index in [1.165, 1.54) is 11.8 Å². The second-order valence-corrected chi connectivity index (χ2v) is 8.48. The van der Waals surface area contributed by atoms with Gasteiger partial charge in [-0.1, -0.05) is 29.8 Å². The minimum absolute atomic E-state index is 0.286. The lowest BCUT2D eigenvalue weighted by atomic mass is 9.99. The summed E-state index contributed by atoms with van der Waals surface area (Å²) in [7, 11) is 0. The average Bonchev–Trinajstić information content (AvgIpc) is 2.93. The molecule has 1 N–H and O–H groups in total. The van der Waals surface area contributed by atoms with E-state index in [-0.39, 0.29) is 6.54 Å². The Hall–Kier alpha value is -4.22. The fourth-order valence-corrected chi connectivity index (χ4v) is 4.05. The number of hydrogen-bond acceptors (Lipinski definition) is 8. The van der Waals surface area contributed by atoms with Gasteiger partial charge in [-0.15, -0.1) is 11.8 Å². The maximum absolute atomic E-state index is 10.0. The van der Waals surface area contributed by atoms with E-state index in [1.807, 2.05) is 55.6 Å². The smallest absolute Gasteiger partial charge is 0.224 e. The SMILES string of the molecule is CSC1=NC(C)=NC(Nc2ccc(Oc3ccncc3)cc2)=NCC(c2cccc(C)c2)=C1C#N. The molecule has 2 heterocycles. The second kappa shape index (κ2) is 11.3. The van der Waals surface area contributed by atoms with E-state index < -0.39 is 0 Å². The molecule has 4 rings (SSSR count). The first-order valence-electron chi connectivity index (χ1n) is 10.9. The van der Waals surface area contributed by atoms with E-state index in [0.717, 1.165) is 22.4 Å². The van der Waals surface area contributed by atoms with Gasteiger partial charge in [-0.25, -0.2) is 9.98 Å². The minimum Gasteiger partial charge on any atom is -0.457 e. The van der Waals surface area contributed by atoms with Crippen molar-refractivity contribution in [2.45, 2.75) is 13.8 Å². The van der Waals surface area contributed by atoms with Crippen molar-refractivity contribution in [1.29, 1.82) is 5.26 Å². The number of nitrogens with zero attached hydrogens (tertiary/aromatic N) is 5. The van der Waals surface area contributed by atoms with Crippen LogP contribution in [0.25, 0.3) is 5.57 Å². The lowest BCUT2D eigenvalue weighted by Gasteiger charge is -2.11. The minimum atomic E-state index is 0.286. The average molecular weight is 481 g/mol. The van der Waals surface area contributed by atoms with Crippen LogP contribution in [0.15, 0.2) is 93.6 Å². The first kappa shape index (κ1) is 23.9. The molecule has 3 aromatic rings. The Morgan fingerprint density at radius 2 is 1.71 bits per heavy atom. The number of anilines is 1. The van der Waals surface area contributed by atoms with Crippen molar-refractivity contribution in [1.82, 2.24) is 4.98 Å². The molecule has 174 valence electrons. The Bertz CT molecular complexity index is 1370. The Morgan fingerprint density at radius 3 is 2.40 bits per heavy atom. The highest BCUT2D eigenvalue weighted by molar-refractivity contribution is 8.13. The first-order chi connectivity index (χ1) is 17.1. The Balaban J connectivity index is 1.63. The summed E-state index contributed by atoms with van der Waals surface area (Å²) in [6.07, 6.45) is 5.27. The number of ether oxygens (including phenoxy) is 1. The molecule has 0 spiro atoms. The van der Waals surface area contributed by atoms with Gasteiger partial charge in [0, 0.05) is 23.7 Å². The number of aromatic nitrogens is 1. The molecule has 7 nitrogen and oxygen atoms in total. The van der Waals surface area contributed by atoms with Gasteiger partial charge in [-0.3, -0.25) is 4.98 Å². The molecule has 0 amide bonds. The third-order valence-corrected chi connectivity index (χ3v) is 5.78. The molecule has 1 aromatic heterocycles. The lowest BCUT2D eigenvalue weighted by molar-refractivity contribution is 0.482. The van der Waals surface area contributed by atoms with Crippen LogP contribution in [0.2, 0.25) is 0 Å². The summed E-state index contributed by atoms with van der Waals surface area (Å²) in [5, 5.41) is 13.9. The molecule has 0 saturated heterocycles. The third kappa shape index (κ3) is 6.22. The van der Waals surface area contributed by atoms with Crippen LogP contribution < -0.4 is 10.1 Å². The van der Waals surface area contributed by atoms with E-state index in [9.17, 15) is 5.26 Å². The summed E-state index contributed by atoms with van der Waals surface area (Å²) in [6.45, 7) is 4.11. The van der Waals surface area contributed by atoms with Gasteiger partial charge in [0.2, 0.25) is 5.96 Å². The van der Waals surface area contributed by atoms with Crippen molar-refractivity contribution in [2.75, 3.05) is 18.1 Å². The number of rotatable bonds is 4. The van der Waals surface area contributed by atoms with Gasteiger partial charge in [-0.2, -0.15) is 10.3 Å². The molecule has 0 atom stereocenters. The molecule has 8 heteroatoms. The number of guanidine groups is 1. The summed E-state index contributed by atoms with van der Waals surface area (Å²) >= 11 is 1.42. The molecule has 0 unspecified atom stereocenters. The number of nitrogens with one attached hydrogen (secondary N) is 1. The number of benzene rings is 2. The number of hydrogen-bond donors (Lipinski definition) is 1. The first-order valence-corrected chi connectivity index (χ1v) is 12.2. The van der Waals surface area contributed by atoms with Crippen LogP contribution in [-0.4, -0.2) is 34.6 Å². The predicted molar refractivity (Wildman–Crippen MR) is 144 cm³/mol. The maximum atomic E-state index is 10.0. The zero-order valence-corrected chi connectivity index (χ0v) is 20.5. The topological polar surface area (TPSA) is 95.0 Å². The molecule has 1 aliphatic heterocycles. The van der Waals surface area contributed by atoms with Crippen LogP contribution in [0, 0.1) is 18.3 Å². The summed E-state index contributed by atoms with van der Waals surface area (Å²) in [4.78, 5) is 17.9. The van der Waals surface area contributed by atoms with Crippen LogP contribution in [-0.2, 0) is 0 Å². The number of aliphatic imine (C=N–C) groups is 3. The Labute approximate surface area is 209 Å². The van der Waals surface area contributed by atoms with Gasteiger partial charge in [0.25, 0.3) is 0 Å². The standard InChI is InChI=1S/C27H24N6OS/c1-18-5-4-6-20(15-18)25-17-30-27(32-19(2)31-26(35-3)24(25)16-28)33-21-7-9-22(10-8-21)34-23-11-13-29-14-12-23/h4-15H,17H2,1-3H3,(H,30,33). The predicted octanol–water partition coefficient (Wildman–Crippen LogP) is 6.12. The molecular weight excluding hydrogens is 456 g/mol. The van der Waals surface area contributed by atoms with E-state index >= 15 is 0 Å². The Kier molecular flexibility index (Phi) is 7.70. The number of aryl methyl sites for hydroxylation is 1. The van der Waals surface area contributed by atoms with Crippen molar-refractivity contribution < 1.29 is 4.74 Å². The normalized spacial score (nSPS) is 13.9. The molecule has 0 saturated carbocycles. The van der Waals surface area contributed by atoms with Crippen molar-refractivity contribution in [3.05, 3.63) is 89.8 Å². The highest BCUT2D eigenvalue weighted by Crippen LogP contribution is 2.26. The van der Waals surface area contributed by atoms with Crippen molar-refractivity contribution >= 4 is 39.9 Å². The summed E-state index contributed by atoms with van der Waals surface area (Å²) in [5.41, 5.74) is 4.19. The molecule has 0 radical (unpaired) electrons. The van der Waals surface area contributed by atoms with Crippen molar-refractivity contribution in [3.63, 3.8) is 0 Å². The van der Waals surface area contributed by atoms with Gasteiger partial charge in [-0.05, 0) is 62.1 Å². The van der Waals surface area contributed by atoms with E-state index in [4.69, 9.17) is 9.73 Å². The van der Waals surface area contributed by atoms with Gasteiger partial charge in [0.15, 0.2) is 0 Å². The van der Waals surface area contributed by atoms with Gasteiger partial charge < -0.3 is 10.1 Å². The van der Waals surface area contributed by atoms with Crippen LogP contribution in [0.5, 0.6) is 11.5 Å². The fraction of sp³-hybridized carbons (Fsp3) is 0.148. The summed E-state index contributed by atoms with van der Waals surface area (Å²) in [6, 6.07) is 21.5. The number of pyridine rings is 1. The molecule has 0 fully saturated rings. The van der Waals surface area contributed by atoms with Crippen molar-refractivity contribution in [3.8, 4) is 17.6 Å². The van der Waals surface area contributed by atoms with Gasteiger partial charge in [0.05, 0.1) is 12.1 Å². The van der Waals surface area contributed by atoms with Crippen LogP contribution >= 0.6 is 11.8 Å². The number of nitriles is 1. The summed E-state index contributed by atoms with van der Waals surface area (Å²) < 4.78 is 5.83. The number of thioether (sulfide) groups is 1. The third-order valence-electron chi connectivity index (χ3n) is 5.10.